The van der Waals surface area contributed by atoms with Crippen LogP contribution in [0.2, 0.25) is 0 Å². The van der Waals surface area contributed by atoms with Crippen LogP contribution in [0.4, 0.5) is 8.78 Å². The minimum atomic E-state index is -0.881. The van der Waals surface area contributed by atoms with Crippen LogP contribution >= 0.6 is 0 Å². The zero-order valence-corrected chi connectivity index (χ0v) is 19.5. The summed E-state index contributed by atoms with van der Waals surface area (Å²) in [7, 11) is 0. The highest BCUT2D eigenvalue weighted by atomic mass is 19.2. The molecule has 31 heavy (non-hydrogen) atoms. The molecule has 0 spiro atoms. The fourth-order valence-electron chi connectivity index (χ4n) is 5.83. The number of halogens is 2. The number of rotatable bonds is 9. The predicted molar refractivity (Wildman–Crippen MR) is 124 cm³/mol. The van der Waals surface area contributed by atoms with Gasteiger partial charge in [0.15, 0.2) is 17.7 Å². The second kappa shape index (κ2) is 11.9. The SMILES string of the molecule is C#CC(CCCCC)Oc1ccc(C2CCC(C3CCC(CC)CC3)CC2)c(F)c1F. The van der Waals surface area contributed by atoms with Crippen molar-refractivity contribution in [3.8, 4) is 18.1 Å². The number of hydrogen-bond donors (Lipinski definition) is 0. The molecule has 0 bridgehead atoms. The minimum absolute atomic E-state index is 0.0536. The van der Waals surface area contributed by atoms with Crippen LogP contribution in [0, 0.1) is 41.7 Å². The molecule has 0 aromatic heterocycles. The zero-order valence-electron chi connectivity index (χ0n) is 19.5. The van der Waals surface area contributed by atoms with Gasteiger partial charge in [-0.15, -0.1) is 6.42 Å². The zero-order chi connectivity index (χ0) is 22.2. The summed E-state index contributed by atoms with van der Waals surface area (Å²) in [5.74, 6) is 3.53. The van der Waals surface area contributed by atoms with Crippen LogP contribution in [0.1, 0.15) is 109 Å². The van der Waals surface area contributed by atoms with E-state index in [2.05, 4.69) is 19.8 Å². The van der Waals surface area contributed by atoms with Gasteiger partial charge < -0.3 is 4.74 Å². The summed E-state index contributed by atoms with van der Waals surface area (Å²) < 4.78 is 35.3. The van der Waals surface area contributed by atoms with E-state index in [-0.39, 0.29) is 11.7 Å². The topological polar surface area (TPSA) is 9.23 Å². The molecule has 172 valence electrons. The van der Waals surface area contributed by atoms with Crippen LogP contribution in [0.15, 0.2) is 12.1 Å². The Labute approximate surface area is 188 Å². The second-order valence-electron chi connectivity index (χ2n) is 9.85. The maximum atomic E-state index is 14.9. The summed E-state index contributed by atoms with van der Waals surface area (Å²) in [6.45, 7) is 4.42. The van der Waals surface area contributed by atoms with E-state index in [1.807, 2.05) is 0 Å². The van der Waals surface area contributed by atoms with E-state index in [9.17, 15) is 8.78 Å². The second-order valence-corrected chi connectivity index (χ2v) is 9.85. The van der Waals surface area contributed by atoms with Crippen molar-refractivity contribution in [2.45, 2.75) is 109 Å². The number of ether oxygens (including phenoxy) is 1. The van der Waals surface area contributed by atoms with Crippen molar-refractivity contribution in [1.29, 1.82) is 0 Å². The Morgan fingerprint density at radius 1 is 0.935 bits per heavy atom. The molecule has 0 aliphatic heterocycles. The van der Waals surface area contributed by atoms with Crippen molar-refractivity contribution >= 4 is 0 Å². The summed E-state index contributed by atoms with van der Waals surface area (Å²) >= 11 is 0. The Morgan fingerprint density at radius 2 is 1.58 bits per heavy atom. The first-order valence-electron chi connectivity index (χ1n) is 12.7. The molecule has 1 atom stereocenters. The number of terminal acetylenes is 1. The lowest BCUT2D eigenvalue weighted by molar-refractivity contribution is 0.157. The molecule has 2 fully saturated rings. The lowest BCUT2D eigenvalue weighted by Gasteiger charge is -2.38. The third-order valence-corrected chi connectivity index (χ3v) is 7.95. The van der Waals surface area contributed by atoms with Crippen molar-refractivity contribution < 1.29 is 13.5 Å². The molecule has 0 heterocycles. The van der Waals surface area contributed by atoms with E-state index >= 15 is 0 Å². The largest absolute Gasteiger partial charge is 0.475 e. The van der Waals surface area contributed by atoms with Crippen molar-refractivity contribution in [2.24, 2.45) is 17.8 Å². The lowest BCUT2D eigenvalue weighted by Crippen LogP contribution is -2.25. The Kier molecular flexibility index (Phi) is 9.24. The molecule has 0 N–H and O–H groups in total. The van der Waals surface area contributed by atoms with Gasteiger partial charge in [0.2, 0.25) is 5.82 Å². The van der Waals surface area contributed by atoms with Crippen LogP contribution in [-0.2, 0) is 0 Å². The molecular formula is C28H40F2O. The van der Waals surface area contributed by atoms with Gasteiger partial charge in [0.1, 0.15) is 0 Å². The van der Waals surface area contributed by atoms with E-state index in [1.54, 1.807) is 12.1 Å². The molecule has 3 rings (SSSR count). The molecule has 1 nitrogen and oxygen atoms in total. The molecule has 0 amide bonds. The fourth-order valence-corrected chi connectivity index (χ4v) is 5.83. The van der Waals surface area contributed by atoms with Gasteiger partial charge in [0.05, 0.1) is 0 Å². The quantitative estimate of drug-likeness (QED) is 0.282. The molecule has 1 aromatic rings. The highest BCUT2D eigenvalue weighted by Gasteiger charge is 2.32. The Balaban J connectivity index is 1.56. The smallest absolute Gasteiger partial charge is 0.200 e. The van der Waals surface area contributed by atoms with Gasteiger partial charge in [-0.3, -0.25) is 0 Å². The first-order chi connectivity index (χ1) is 15.1. The van der Waals surface area contributed by atoms with Crippen LogP contribution in [0.5, 0.6) is 5.75 Å². The molecule has 3 heteroatoms. The van der Waals surface area contributed by atoms with Gasteiger partial charge in [0, 0.05) is 0 Å². The van der Waals surface area contributed by atoms with E-state index in [0.717, 1.165) is 62.7 Å². The number of hydrogen-bond acceptors (Lipinski definition) is 1. The van der Waals surface area contributed by atoms with Gasteiger partial charge in [-0.2, -0.15) is 4.39 Å². The van der Waals surface area contributed by atoms with Crippen molar-refractivity contribution in [2.75, 3.05) is 0 Å². The predicted octanol–water partition coefficient (Wildman–Crippen LogP) is 8.42. The van der Waals surface area contributed by atoms with Crippen LogP contribution in [0.25, 0.3) is 0 Å². The summed E-state index contributed by atoms with van der Waals surface area (Å²) in [6.07, 6.45) is 19.7. The third-order valence-electron chi connectivity index (χ3n) is 7.95. The highest BCUT2D eigenvalue weighted by molar-refractivity contribution is 5.34. The maximum Gasteiger partial charge on any atom is 0.200 e. The van der Waals surface area contributed by atoms with E-state index in [4.69, 9.17) is 11.2 Å². The van der Waals surface area contributed by atoms with Crippen molar-refractivity contribution in [1.82, 2.24) is 0 Å². The Hall–Kier alpha value is -1.56. The van der Waals surface area contributed by atoms with Gasteiger partial charge in [0.25, 0.3) is 0 Å². The average Bonchev–Trinajstić information content (AvgIpc) is 2.81. The molecule has 2 saturated carbocycles. The summed E-state index contributed by atoms with van der Waals surface area (Å²) in [6, 6.07) is 3.31. The molecule has 0 saturated heterocycles. The van der Waals surface area contributed by atoms with Crippen LogP contribution in [-0.4, -0.2) is 6.10 Å². The van der Waals surface area contributed by atoms with Gasteiger partial charge in [-0.25, -0.2) is 4.39 Å². The fraction of sp³-hybridized carbons (Fsp3) is 0.714. The van der Waals surface area contributed by atoms with Crippen molar-refractivity contribution in [3.63, 3.8) is 0 Å². The van der Waals surface area contributed by atoms with Gasteiger partial charge in [-0.05, 0) is 86.7 Å². The molecule has 2 aliphatic rings. The Morgan fingerprint density at radius 3 is 2.16 bits per heavy atom. The van der Waals surface area contributed by atoms with Crippen LogP contribution in [0.3, 0.4) is 0 Å². The number of benzene rings is 1. The first kappa shape index (κ1) is 24.1. The lowest BCUT2D eigenvalue weighted by atomic mass is 9.68. The Bertz CT molecular complexity index is 721. The van der Waals surface area contributed by atoms with Crippen LogP contribution < -0.4 is 4.74 Å². The summed E-state index contributed by atoms with van der Waals surface area (Å²) in [4.78, 5) is 0. The molecule has 1 unspecified atom stereocenters. The monoisotopic (exact) mass is 430 g/mol. The van der Waals surface area contributed by atoms with Crippen molar-refractivity contribution in [3.05, 3.63) is 29.3 Å². The molecule has 0 radical (unpaired) electrons. The normalized spacial score (nSPS) is 27.5. The molecule has 2 aliphatic carbocycles. The third kappa shape index (κ3) is 6.24. The van der Waals surface area contributed by atoms with Gasteiger partial charge >= 0.3 is 0 Å². The number of unbranched alkanes of at least 4 members (excludes halogenated alkanes) is 2. The van der Waals surface area contributed by atoms with E-state index in [1.165, 1.54) is 32.1 Å². The molecule has 1 aromatic carbocycles. The van der Waals surface area contributed by atoms with E-state index in [0.29, 0.717) is 12.0 Å². The minimum Gasteiger partial charge on any atom is -0.475 e. The summed E-state index contributed by atoms with van der Waals surface area (Å²) in [5, 5.41) is 0. The summed E-state index contributed by atoms with van der Waals surface area (Å²) in [5.41, 5.74) is 0.515. The highest BCUT2D eigenvalue weighted by Crippen LogP contribution is 2.45. The molecular weight excluding hydrogens is 390 g/mol. The first-order valence-corrected chi connectivity index (χ1v) is 12.7. The standard InChI is InChI=1S/C28H40F2O/c1-4-7-8-9-24(6-3)31-26-19-18-25(27(29)28(26)30)23-16-14-22(15-17-23)21-12-10-20(5-2)11-13-21/h3,18-24H,4-5,7-17H2,1-2H3. The van der Waals surface area contributed by atoms with Gasteiger partial charge in [-0.1, -0.05) is 57.9 Å². The average molecular weight is 431 g/mol. The van der Waals surface area contributed by atoms with E-state index < -0.39 is 17.7 Å². The maximum absolute atomic E-state index is 14.9.